The number of carbonyl (C=O) groups is 1. The molecule has 0 heterocycles. The Kier molecular flexibility index (Phi) is 6.73. The van der Waals surface area contributed by atoms with Gasteiger partial charge in [-0.15, -0.1) is 0 Å². The van der Waals surface area contributed by atoms with Crippen molar-refractivity contribution in [2.75, 3.05) is 13.1 Å². The minimum Gasteiger partial charge on any atom is -0.355 e. The van der Waals surface area contributed by atoms with Crippen molar-refractivity contribution >= 4 is 15.9 Å². The van der Waals surface area contributed by atoms with Gasteiger partial charge in [0, 0.05) is 12.1 Å². The molecule has 0 saturated heterocycles. The van der Waals surface area contributed by atoms with Crippen LogP contribution in [-0.4, -0.2) is 27.4 Å². The summed E-state index contributed by atoms with van der Waals surface area (Å²) in [7, 11) is -4.36. The fourth-order valence-corrected chi connectivity index (χ4v) is 3.27. The van der Waals surface area contributed by atoms with Crippen LogP contribution in [0.2, 0.25) is 0 Å². The van der Waals surface area contributed by atoms with Crippen molar-refractivity contribution in [2.24, 2.45) is 0 Å². The first kappa shape index (κ1) is 21.8. The lowest BCUT2D eigenvalue weighted by Gasteiger charge is -2.11. The molecule has 0 spiro atoms. The third-order valence-corrected chi connectivity index (χ3v) is 5.05. The Balaban J connectivity index is 1.91. The molecule has 2 aromatic rings. The highest BCUT2D eigenvalue weighted by Crippen LogP contribution is 2.30. The highest BCUT2D eigenvalue weighted by molar-refractivity contribution is 7.89. The molecule has 28 heavy (non-hydrogen) atoms. The second kappa shape index (κ2) is 8.65. The van der Waals surface area contributed by atoms with Crippen LogP contribution in [0.15, 0.2) is 47.4 Å². The molecular formula is C17H15F5N2O3S. The highest BCUT2D eigenvalue weighted by atomic mass is 32.2. The first-order valence-electron chi connectivity index (χ1n) is 7.87. The van der Waals surface area contributed by atoms with Crippen LogP contribution in [0.25, 0.3) is 0 Å². The fourth-order valence-electron chi connectivity index (χ4n) is 2.24. The summed E-state index contributed by atoms with van der Waals surface area (Å²) in [6.45, 7) is -0.916. The largest absolute Gasteiger partial charge is 0.416 e. The molecule has 11 heteroatoms. The van der Waals surface area contributed by atoms with Gasteiger partial charge in [-0.3, -0.25) is 4.79 Å². The van der Waals surface area contributed by atoms with Crippen LogP contribution in [0.3, 0.4) is 0 Å². The van der Waals surface area contributed by atoms with E-state index < -0.39 is 50.7 Å². The zero-order chi connectivity index (χ0) is 20.9. The van der Waals surface area contributed by atoms with Crippen LogP contribution in [0, 0.1) is 11.6 Å². The van der Waals surface area contributed by atoms with Gasteiger partial charge in [0.2, 0.25) is 15.9 Å². The number of rotatable bonds is 7. The van der Waals surface area contributed by atoms with Crippen molar-refractivity contribution in [3.63, 3.8) is 0 Å². The average molecular weight is 422 g/mol. The Morgan fingerprint density at radius 3 is 2.21 bits per heavy atom. The molecule has 0 atom stereocenters. The van der Waals surface area contributed by atoms with Crippen LogP contribution in [-0.2, 0) is 27.4 Å². The maximum atomic E-state index is 13.5. The van der Waals surface area contributed by atoms with Gasteiger partial charge < -0.3 is 5.32 Å². The Labute approximate surface area is 157 Å². The minimum absolute atomic E-state index is 0.162. The summed E-state index contributed by atoms with van der Waals surface area (Å²) in [5, 5.41) is 2.27. The van der Waals surface area contributed by atoms with E-state index in [9.17, 15) is 35.2 Å². The molecule has 2 N–H and O–H groups in total. The topological polar surface area (TPSA) is 75.3 Å². The molecule has 0 fully saturated rings. The molecule has 152 valence electrons. The zero-order valence-corrected chi connectivity index (χ0v) is 15.0. The average Bonchev–Trinajstić information content (AvgIpc) is 2.62. The molecule has 0 unspecified atom stereocenters. The summed E-state index contributed by atoms with van der Waals surface area (Å²) in [5.74, 6) is -2.37. The molecule has 0 aliphatic carbocycles. The van der Waals surface area contributed by atoms with Gasteiger partial charge in [0.1, 0.15) is 11.6 Å². The van der Waals surface area contributed by atoms with Crippen molar-refractivity contribution in [3.05, 3.63) is 65.2 Å². The Morgan fingerprint density at radius 2 is 1.61 bits per heavy atom. The molecular weight excluding hydrogens is 407 g/mol. The third-order valence-electron chi connectivity index (χ3n) is 3.65. The normalized spacial score (nSPS) is 12.0. The maximum absolute atomic E-state index is 13.5. The Morgan fingerprint density at radius 1 is 1.00 bits per heavy atom. The summed E-state index contributed by atoms with van der Waals surface area (Å²) in [6, 6.07) is 6.35. The van der Waals surface area contributed by atoms with Gasteiger partial charge in [-0.1, -0.05) is 12.1 Å². The van der Waals surface area contributed by atoms with Crippen LogP contribution >= 0.6 is 0 Å². The number of nitrogens with one attached hydrogen (secondary N) is 2. The van der Waals surface area contributed by atoms with E-state index in [0.717, 1.165) is 24.3 Å². The van der Waals surface area contributed by atoms with Gasteiger partial charge in [-0.25, -0.2) is 21.9 Å². The summed E-state index contributed by atoms with van der Waals surface area (Å²) in [6.07, 6.45) is -4.88. The van der Waals surface area contributed by atoms with Crippen LogP contribution in [0.4, 0.5) is 22.0 Å². The molecule has 0 bridgehead atoms. The number of halogens is 5. The predicted octanol–water partition coefficient (Wildman–Crippen LogP) is 2.62. The lowest BCUT2D eigenvalue weighted by molar-refractivity contribution is -0.137. The smallest absolute Gasteiger partial charge is 0.355 e. The number of carbonyl (C=O) groups excluding carboxylic acids is 1. The van der Waals surface area contributed by atoms with E-state index in [0.29, 0.717) is 12.1 Å². The zero-order valence-electron chi connectivity index (χ0n) is 14.2. The van der Waals surface area contributed by atoms with Gasteiger partial charge in [0.05, 0.1) is 17.0 Å². The summed E-state index contributed by atoms with van der Waals surface area (Å²) in [5.41, 5.74) is -1.38. The van der Waals surface area contributed by atoms with Gasteiger partial charge in [-0.2, -0.15) is 13.2 Å². The minimum atomic E-state index is -4.72. The molecule has 0 radical (unpaired) electrons. The number of amides is 1. The molecule has 0 aromatic heterocycles. The van der Waals surface area contributed by atoms with Crippen molar-refractivity contribution < 1.29 is 35.2 Å². The maximum Gasteiger partial charge on any atom is 0.416 e. The number of hydrogen-bond donors (Lipinski definition) is 2. The number of hydrogen-bond acceptors (Lipinski definition) is 3. The van der Waals surface area contributed by atoms with Crippen molar-refractivity contribution in [2.45, 2.75) is 17.5 Å². The predicted molar refractivity (Wildman–Crippen MR) is 89.7 cm³/mol. The van der Waals surface area contributed by atoms with E-state index in [4.69, 9.17) is 0 Å². The molecule has 0 saturated carbocycles. The Bertz CT molecular complexity index is 941. The first-order chi connectivity index (χ1) is 13.0. The van der Waals surface area contributed by atoms with Crippen molar-refractivity contribution in [3.8, 4) is 0 Å². The van der Waals surface area contributed by atoms with Crippen molar-refractivity contribution in [1.29, 1.82) is 0 Å². The van der Waals surface area contributed by atoms with E-state index in [-0.39, 0.29) is 18.5 Å². The molecule has 1 amide bonds. The van der Waals surface area contributed by atoms with E-state index in [1.165, 1.54) is 6.07 Å². The lowest BCUT2D eigenvalue weighted by Crippen LogP contribution is -2.37. The monoisotopic (exact) mass is 422 g/mol. The first-order valence-corrected chi connectivity index (χ1v) is 9.35. The summed E-state index contributed by atoms with van der Waals surface area (Å²) >= 11 is 0. The van der Waals surface area contributed by atoms with Gasteiger partial charge in [0.25, 0.3) is 0 Å². The summed E-state index contributed by atoms with van der Waals surface area (Å²) < 4.78 is 90.9. The van der Waals surface area contributed by atoms with E-state index >= 15 is 0 Å². The van der Waals surface area contributed by atoms with E-state index in [1.54, 1.807) is 0 Å². The molecule has 5 nitrogen and oxygen atoms in total. The third kappa shape index (κ3) is 5.73. The Hall–Kier alpha value is -2.53. The van der Waals surface area contributed by atoms with E-state index in [1.807, 2.05) is 4.72 Å². The quantitative estimate of drug-likeness (QED) is 0.674. The van der Waals surface area contributed by atoms with Gasteiger partial charge in [-0.05, 0) is 36.8 Å². The molecule has 0 aliphatic rings. The molecule has 2 rings (SSSR count). The number of sulfonamides is 1. The van der Waals surface area contributed by atoms with Crippen molar-refractivity contribution in [1.82, 2.24) is 10.0 Å². The fraction of sp³-hybridized carbons (Fsp3) is 0.235. The van der Waals surface area contributed by atoms with Crippen LogP contribution < -0.4 is 10.0 Å². The second-order valence-corrected chi connectivity index (χ2v) is 7.42. The van der Waals surface area contributed by atoms with Gasteiger partial charge in [0.15, 0.2) is 0 Å². The standard InChI is InChI=1S/C17H15F5N2O3S/c18-14-5-2-6-15(19)13(14)7-8-23-16(25)10-24-28(26,27)12-4-1-3-11(9-12)17(20,21)22/h1-6,9,24H,7-8,10H2,(H,23,25). The molecule has 0 aliphatic heterocycles. The molecule has 2 aromatic carbocycles. The SMILES string of the molecule is O=C(CNS(=O)(=O)c1cccc(C(F)(F)F)c1)NCCc1c(F)cccc1F. The van der Waals surface area contributed by atoms with Gasteiger partial charge >= 0.3 is 6.18 Å². The van der Waals surface area contributed by atoms with Crippen LogP contribution in [0.5, 0.6) is 0 Å². The summed E-state index contributed by atoms with van der Waals surface area (Å²) in [4.78, 5) is 11.1. The number of alkyl halides is 3. The van der Waals surface area contributed by atoms with Crippen LogP contribution in [0.1, 0.15) is 11.1 Å². The number of benzene rings is 2. The highest BCUT2D eigenvalue weighted by Gasteiger charge is 2.31. The lowest BCUT2D eigenvalue weighted by atomic mass is 10.1. The second-order valence-electron chi connectivity index (χ2n) is 5.65. The van der Waals surface area contributed by atoms with E-state index in [2.05, 4.69) is 5.32 Å².